The number of hydrogen-bond acceptors (Lipinski definition) is 5. The van der Waals surface area contributed by atoms with Crippen molar-refractivity contribution in [2.75, 3.05) is 13.7 Å². The highest BCUT2D eigenvalue weighted by atomic mass is 32.2. The molecule has 3 aromatic rings. The minimum absolute atomic E-state index is 0.00822. The Hall–Kier alpha value is -2.64. The number of methoxy groups -OCH3 is 1. The van der Waals surface area contributed by atoms with Crippen LogP contribution in [-0.2, 0) is 15.3 Å². The molecule has 3 rings (SSSR count). The van der Waals surface area contributed by atoms with Gasteiger partial charge in [-0.15, -0.1) is 11.3 Å². The average molecular weight is 458 g/mol. The molecule has 31 heavy (non-hydrogen) atoms. The Bertz CT molecular complexity index is 1110. The van der Waals surface area contributed by atoms with Gasteiger partial charge in [0.15, 0.2) is 9.84 Å². The van der Waals surface area contributed by atoms with Crippen LogP contribution in [0.3, 0.4) is 0 Å². The number of rotatable bonds is 7. The van der Waals surface area contributed by atoms with Crippen LogP contribution in [0.25, 0.3) is 0 Å². The summed E-state index contributed by atoms with van der Waals surface area (Å²) in [6.07, 6.45) is 0. The van der Waals surface area contributed by atoms with Crippen LogP contribution in [0.2, 0.25) is 0 Å². The van der Waals surface area contributed by atoms with Gasteiger partial charge in [-0.2, -0.15) is 0 Å². The number of ether oxygens (including phenoxy) is 1. The van der Waals surface area contributed by atoms with Crippen LogP contribution in [-0.4, -0.2) is 28.0 Å². The summed E-state index contributed by atoms with van der Waals surface area (Å²) < 4.78 is 31.8. The molecule has 7 heteroatoms. The Labute approximate surface area is 188 Å². The van der Waals surface area contributed by atoms with Gasteiger partial charge in [-0.05, 0) is 58.8 Å². The van der Waals surface area contributed by atoms with Gasteiger partial charge in [-0.1, -0.05) is 39.0 Å². The van der Waals surface area contributed by atoms with Gasteiger partial charge in [-0.3, -0.25) is 4.79 Å². The van der Waals surface area contributed by atoms with Crippen LogP contribution in [0, 0.1) is 0 Å². The molecule has 1 N–H and O–H groups in total. The largest absolute Gasteiger partial charge is 0.497 e. The smallest absolute Gasteiger partial charge is 0.251 e. The molecule has 0 saturated heterocycles. The monoisotopic (exact) mass is 457 g/mol. The van der Waals surface area contributed by atoms with Crippen LogP contribution in [0.5, 0.6) is 5.75 Å². The first-order valence-electron chi connectivity index (χ1n) is 9.93. The first kappa shape index (κ1) is 23.0. The van der Waals surface area contributed by atoms with Crippen molar-refractivity contribution in [1.29, 1.82) is 0 Å². The lowest BCUT2D eigenvalue weighted by Gasteiger charge is -2.20. The molecule has 0 saturated carbocycles. The summed E-state index contributed by atoms with van der Waals surface area (Å²) in [5.41, 5.74) is 1.62. The summed E-state index contributed by atoms with van der Waals surface area (Å²) in [6.45, 7) is 6.31. The number of carbonyl (C=O) groups is 1. The van der Waals surface area contributed by atoms with Crippen LogP contribution >= 0.6 is 11.3 Å². The molecule has 0 aliphatic carbocycles. The predicted molar refractivity (Wildman–Crippen MR) is 125 cm³/mol. The van der Waals surface area contributed by atoms with Crippen LogP contribution < -0.4 is 10.1 Å². The average Bonchev–Trinajstić information content (AvgIpc) is 3.27. The highest BCUT2D eigenvalue weighted by Gasteiger charge is 2.30. The second kappa shape index (κ2) is 9.24. The zero-order valence-electron chi connectivity index (χ0n) is 18.1. The molecular formula is C24H27NO4S2. The van der Waals surface area contributed by atoms with E-state index in [1.54, 1.807) is 30.3 Å². The van der Waals surface area contributed by atoms with E-state index in [2.05, 4.69) is 26.1 Å². The lowest BCUT2D eigenvalue weighted by Crippen LogP contribution is -2.31. The molecule has 0 aliphatic rings. The van der Waals surface area contributed by atoms with Crippen LogP contribution in [0.1, 0.15) is 46.8 Å². The maximum atomic E-state index is 13.3. The van der Waals surface area contributed by atoms with Crippen molar-refractivity contribution in [3.05, 3.63) is 82.0 Å². The van der Waals surface area contributed by atoms with Gasteiger partial charge in [0.05, 0.1) is 12.0 Å². The Balaban J connectivity index is 1.81. The summed E-state index contributed by atoms with van der Waals surface area (Å²) in [7, 11) is -2.18. The quantitative estimate of drug-likeness (QED) is 0.542. The maximum Gasteiger partial charge on any atom is 0.251 e. The number of hydrogen-bond donors (Lipinski definition) is 1. The number of sulfone groups is 1. The molecule has 0 fully saturated rings. The van der Waals surface area contributed by atoms with Gasteiger partial charge in [0.25, 0.3) is 5.91 Å². The summed E-state index contributed by atoms with van der Waals surface area (Å²) in [6, 6.07) is 17.3. The van der Waals surface area contributed by atoms with E-state index in [0.29, 0.717) is 16.2 Å². The number of carbonyl (C=O) groups excluding carboxylic acids is 1. The predicted octanol–water partition coefficient (Wildman–Crippen LogP) is 5.00. The maximum absolute atomic E-state index is 13.3. The molecule has 2 aromatic carbocycles. The molecular weight excluding hydrogens is 430 g/mol. The van der Waals surface area contributed by atoms with Gasteiger partial charge < -0.3 is 10.1 Å². The second-order valence-electron chi connectivity index (χ2n) is 8.26. The molecule has 1 heterocycles. The van der Waals surface area contributed by atoms with Gasteiger partial charge in [0.2, 0.25) is 0 Å². The molecule has 1 amide bonds. The van der Waals surface area contributed by atoms with E-state index in [0.717, 1.165) is 5.56 Å². The third-order valence-corrected chi connectivity index (χ3v) is 8.32. The molecule has 5 nitrogen and oxygen atoms in total. The topological polar surface area (TPSA) is 72.5 Å². The fourth-order valence-corrected chi connectivity index (χ4v) is 5.96. The minimum atomic E-state index is -3.71. The Morgan fingerprint density at radius 2 is 1.68 bits per heavy atom. The van der Waals surface area contributed by atoms with Crippen molar-refractivity contribution in [1.82, 2.24) is 5.32 Å². The van der Waals surface area contributed by atoms with E-state index in [4.69, 9.17) is 4.74 Å². The van der Waals surface area contributed by atoms with E-state index in [-0.39, 0.29) is 22.8 Å². The van der Waals surface area contributed by atoms with Gasteiger partial charge >= 0.3 is 0 Å². The first-order valence-corrected chi connectivity index (χ1v) is 12.4. The van der Waals surface area contributed by atoms with E-state index < -0.39 is 15.1 Å². The third kappa shape index (κ3) is 5.35. The number of nitrogens with one attached hydrogen (secondary N) is 1. The fourth-order valence-electron chi connectivity index (χ4n) is 3.18. The SMILES string of the molecule is COc1ccc(S(=O)(=O)[C@@H](CNC(=O)c2ccc(C(C)(C)C)cc2)c2cccs2)cc1. The Morgan fingerprint density at radius 3 is 2.19 bits per heavy atom. The van der Waals surface area contributed by atoms with E-state index in [1.807, 2.05) is 23.6 Å². The fraction of sp³-hybridized carbons (Fsp3) is 0.292. The third-order valence-electron chi connectivity index (χ3n) is 5.08. The van der Waals surface area contributed by atoms with Gasteiger partial charge in [-0.25, -0.2) is 8.42 Å². The Morgan fingerprint density at radius 1 is 1.03 bits per heavy atom. The van der Waals surface area contributed by atoms with Gasteiger partial charge in [0.1, 0.15) is 11.0 Å². The second-order valence-corrected chi connectivity index (χ2v) is 11.4. The van der Waals surface area contributed by atoms with Crippen molar-refractivity contribution in [2.24, 2.45) is 0 Å². The first-order chi connectivity index (χ1) is 14.6. The number of benzene rings is 2. The van der Waals surface area contributed by atoms with E-state index in [1.165, 1.54) is 30.6 Å². The zero-order valence-corrected chi connectivity index (χ0v) is 19.7. The van der Waals surface area contributed by atoms with E-state index >= 15 is 0 Å². The molecule has 0 spiro atoms. The van der Waals surface area contributed by atoms with Crippen molar-refractivity contribution in [2.45, 2.75) is 36.3 Å². The molecule has 1 atom stereocenters. The summed E-state index contributed by atoms with van der Waals surface area (Å²) in [5, 5.41) is 3.76. The number of amides is 1. The summed E-state index contributed by atoms with van der Waals surface area (Å²) in [4.78, 5) is 13.6. The molecule has 0 radical (unpaired) electrons. The molecule has 0 unspecified atom stereocenters. The molecule has 1 aromatic heterocycles. The highest BCUT2D eigenvalue weighted by molar-refractivity contribution is 7.91. The van der Waals surface area contributed by atoms with Crippen LogP contribution in [0.4, 0.5) is 0 Å². The van der Waals surface area contributed by atoms with Crippen molar-refractivity contribution >= 4 is 27.1 Å². The standard InChI is InChI=1S/C24H27NO4S2/c1-24(2,3)18-9-7-17(8-10-18)23(26)25-16-22(21-6-5-15-30-21)31(27,28)20-13-11-19(29-4)12-14-20/h5-15,22H,16H2,1-4H3,(H,25,26)/t22-/m0/s1. The minimum Gasteiger partial charge on any atom is -0.497 e. The van der Waals surface area contributed by atoms with Crippen molar-refractivity contribution in [3.63, 3.8) is 0 Å². The van der Waals surface area contributed by atoms with Crippen molar-refractivity contribution in [3.8, 4) is 5.75 Å². The highest BCUT2D eigenvalue weighted by Crippen LogP contribution is 2.32. The molecule has 0 aliphatic heterocycles. The Kier molecular flexibility index (Phi) is 6.86. The van der Waals surface area contributed by atoms with Crippen LogP contribution in [0.15, 0.2) is 70.9 Å². The normalized spacial score (nSPS) is 12.9. The summed E-state index contributed by atoms with van der Waals surface area (Å²) >= 11 is 1.36. The number of thiophene rings is 1. The molecule has 0 bridgehead atoms. The van der Waals surface area contributed by atoms with Gasteiger partial charge in [0, 0.05) is 17.0 Å². The lowest BCUT2D eigenvalue weighted by molar-refractivity contribution is 0.0953. The van der Waals surface area contributed by atoms with E-state index in [9.17, 15) is 13.2 Å². The molecule has 164 valence electrons. The summed E-state index contributed by atoms with van der Waals surface area (Å²) in [5.74, 6) is 0.283. The lowest BCUT2D eigenvalue weighted by atomic mass is 9.87. The zero-order chi connectivity index (χ0) is 22.6. The van der Waals surface area contributed by atoms with Crippen molar-refractivity contribution < 1.29 is 17.9 Å².